The summed E-state index contributed by atoms with van der Waals surface area (Å²) >= 11 is 0. The molecule has 0 unspecified atom stereocenters. The van der Waals surface area contributed by atoms with E-state index in [4.69, 9.17) is 6.57 Å². The second-order valence-corrected chi connectivity index (χ2v) is 3.13. The van der Waals surface area contributed by atoms with E-state index in [2.05, 4.69) is 23.3 Å². The largest absolute Gasteiger partial charge is 0.317 e. The molecular formula is C14H13N. The van der Waals surface area contributed by atoms with Crippen molar-refractivity contribution in [2.75, 3.05) is 6.54 Å². The van der Waals surface area contributed by atoms with Crippen LogP contribution in [0.3, 0.4) is 0 Å². The van der Waals surface area contributed by atoms with E-state index in [1.807, 2.05) is 30.3 Å². The summed E-state index contributed by atoms with van der Waals surface area (Å²) < 4.78 is 0. The molecule has 0 N–H and O–H groups in total. The summed E-state index contributed by atoms with van der Waals surface area (Å²) in [7, 11) is 0. The highest BCUT2D eigenvalue weighted by Gasteiger charge is 1.91. The first-order valence-electron chi connectivity index (χ1n) is 4.91. The molecule has 0 aliphatic rings. The fourth-order valence-electron chi connectivity index (χ4n) is 1.13. The predicted octanol–water partition coefficient (Wildman–Crippen LogP) is 3.40. The van der Waals surface area contributed by atoms with Gasteiger partial charge in [0.15, 0.2) is 0 Å². The first-order chi connectivity index (χ1) is 7.34. The molecule has 0 saturated carbocycles. The van der Waals surface area contributed by atoms with Crippen molar-refractivity contribution >= 4 is 5.57 Å². The van der Waals surface area contributed by atoms with Gasteiger partial charge in [-0.05, 0) is 5.56 Å². The zero-order chi connectivity index (χ0) is 10.9. The van der Waals surface area contributed by atoms with E-state index in [0.29, 0.717) is 6.54 Å². The van der Waals surface area contributed by atoms with Crippen LogP contribution in [-0.2, 0) is 0 Å². The minimum absolute atomic E-state index is 0.562. The van der Waals surface area contributed by atoms with Gasteiger partial charge in [-0.25, -0.2) is 6.57 Å². The van der Waals surface area contributed by atoms with Crippen molar-refractivity contribution in [2.45, 2.75) is 12.8 Å². The number of unbranched alkanes of at least 4 members (excludes halogenated alkanes) is 1. The quantitative estimate of drug-likeness (QED) is 0.395. The fourth-order valence-corrected chi connectivity index (χ4v) is 1.13. The van der Waals surface area contributed by atoms with E-state index in [1.165, 1.54) is 0 Å². The molecular weight excluding hydrogens is 182 g/mol. The Morgan fingerprint density at radius 1 is 1.33 bits per heavy atom. The number of rotatable bonds is 3. The van der Waals surface area contributed by atoms with Gasteiger partial charge >= 0.3 is 0 Å². The Kier molecular flexibility index (Phi) is 4.78. The van der Waals surface area contributed by atoms with Gasteiger partial charge in [0.25, 0.3) is 0 Å². The summed E-state index contributed by atoms with van der Waals surface area (Å²) in [5, 5.41) is 0. The van der Waals surface area contributed by atoms with E-state index >= 15 is 0 Å². The van der Waals surface area contributed by atoms with Gasteiger partial charge in [0.05, 0.1) is 0 Å². The Hall–Kier alpha value is -1.99. The number of hydrogen-bond acceptors (Lipinski definition) is 0. The Balaban J connectivity index is 2.46. The second-order valence-electron chi connectivity index (χ2n) is 3.13. The van der Waals surface area contributed by atoms with Crippen LogP contribution < -0.4 is 0 Å². The maximum Gasteiger partial charge on any atom is 0.215 e. The van der Waals surface area contributed by atoms with E-state index < -0.39 is 0 Å². The molecule has 74 valence electrons. The smallest absolute Gasteiger partial charge is 0.215 e. The van der Waals surface area contributed by atoms with Crippen molar-refractivity contribution < 1.29 is 0 Å². The Morgan fingerprint density at radius 2 is 2.07 bits per heavy atom. The van der Waals surface area contributed by atoms with Crippen molar-refractivity contribution in [3.8, 4) is 11.8 Å². The highest BCUT2D eigenvalue weighted by Crippen LogP contribution is 2.09. The number of allylic oxidation sites excluding steroid dienone is 1. The van der Waals surface area contributed by atoms with Crippen LogP contribution >= 0.6 is 0 Å². The molecule has 0 heterocycles. The third kappa shape index (κ3) is 4.16. The van der Waals surface area contributed by atoms with Gasteiger partial charge in [-0.3, -0.25) is 0 Å². The van der Waals surface area contributed by atoms with Crippen LogP contribution in [0.4, 0.5) is 0 Å². The zero-order valence-electron chi connectivity index (χ0n) is 8.66. The summed E-state index contributed by atoms with van der Waals surface area (Å²) in [5.74, 6) is 6.04. The van der Waals surface area contributed by atoms with Crippen LogP contribution in [0.5, 0.6) is 0 Å². The maximum atomic E-state index is 6.62. The second kappa shape index (κ2) is 6.46. The highest BCUT2D eigenvalue weighted by atomic mass is 14.6. The molecule has 1 heteroatoms. The number of nitrogens with zero attached hydrogens (tertiary/aromatic N) is 1. The minimum Gasteiger partial charge on any atom is -0.317 e. The number of benzene rings is 1. The SMILES string of the molecule is [C-]#[N+]CCCC#CC(=C)c1ccccc1. The summed E-state index contributed by atoms with van der Waals surface area (Å²) in [6.45, 7) is 11.1. The van der Waals surface area contributed by atoms with Crippen LogP contribution in [0.1, 0.15) is 18.4 Å². The number of hydrogen-bond donors (Lipinski definition) is 0. The van der Waals surface area contributed by atoms with Crippen molar-refractivity contribution in [3.05, 3.63) is 53.9 Å². The van der Waals surface area contributed by atoms with E-state index in [9.17, 15) is 0 Å². The van der Waals surface area contributed by atoms with E-state index in [-0.39, 0.29) is 0 Å². The molecule has 0 amide bonds. The molecule has 0 bridgehead atoms. The fraction of sp³-hybridized carbons (Fsp3) is 0.214. The van der Waals surface area contributed by atoms with E-state index in [0.717, 1.165) is 24.0 Å². The molecule has 0 fully saturated rings. The third-order valence-corrected chi connectivity index (χ3v) is 1.93. The van der Waals surface area contributed by atoms with Gasteiger partial charge in [0.2, 0.25) is 6.54 Å². The van der Waals surface area contributed by atoms with Gasteiger partial charge in [-0.1, -0.05) is 48.8 Å². The molecule has 15 heavy (non-hydrogen) atoms. The first-order valence-corrected chi connectivity index (χ1v) is 4.91. The molecule has 0 saturated heterocycles. The molecule has 0 atom stereocenters. The van der Waals surface area contributed by atoms with Crippen LogP contribution in [0.15, 0.2) is 36.9 Å². The lowest BCUT2D eigenvalue weighted by atomic mass is 10.1. The summed E-state index contributed by atoms with van der Waals surface area (Å²) in [6, 6.07) is 9.91. The molecule has 0 spiro atoms. The average molecular weight is 195 g/mol. The summed E-state index contributed by atoms with van der Waals surface area (Å²) in [4.78, 5) is 3.27. The molecule has 0 aliphatic carbocycles. The third-order valence-electron chi connectivity index (χ3n) is 1.93. The van der Waals surface area contributed by atoms with Crippen LogP contribution in [0.25, 0.3) is 10.4 Å². The van der Waals surface area contributed by atoms with Gasteiger partial charge in [0.1, 0.15) is 0 Å². The summed E-state index contributed by atoms with van der Waals surface area (Å²) in [6.07, 6.45) is 1.62. The molecule has 0 aliphatic heterocycles. The minimum atomic E-state index is 0.562. The van der Waals surface area contributed by atoms with Gasteiger partial charge < -0.3 is 4.85 Å². The standard InChI is InChI=1S/C14H13N/c1-13(9-5-4-8-12-15-2)14-10-6-3-7-11-14/h3,6-7,10-11H,1,4,8,12H2. The molecule has 1 nitrogen and oxygen atoms in total. The van der Waals surface area contributed by atoms with Crippen LogP contribution in [-0.4, -0.2) is 6.54 Å². The monoisotopic (exact) mass is 195 g/mol. The Bertz CT molecular complexity index is 412. The lowest BCUT2D eigenvalue weighted by molar-refractivity contribution is 0.944. The Morgan fingerprint density at radius 3 is 2.73 bits per heavy atom. The molecule has 0 radical (unpaired) electrons. The lowest BCUT2D eigenvalue weighted by Gasteiger charge is -1.95. The van der Waals surface area contributed by atoms with Crippen LogP contribution in [0.2, 0.25) is 0 Å². The van der Waals surface area contributed by atoms with Gasteiger partial charge in [-0.15, -0.1) is 0 Å². The molecule has 1 aromatic carbocycles. The average Bonchev–Trinajstić information content (AvgIpc) is 2.30. The van der Waals surface area contributed by atoms with Crippen molar-refractivity contribution in [1.82, 2.24) is 0 Å². The molecule has 1 rings (SSSR count). The topological polar surface area (TPSA) is 4.36 Å². The first kappa shape index (κ1) is 11.1. The van der Waals surface area contributed by atoms with Crippen molar-refractivity contribution in [2.24, 2.45) is 0 Å². The molecule has 0 aromatic heterocycles. The van der Waals surface area contributed by atoms with Crippen molar-refractivity contribution in [3.63, 3.8) is 0 Å². The maximum absolute atomic E-state index is 6.62. The van der Waals surface area contributed by atoms with Crippen LogP contribution in [0, 0.1) is 18.4 Å². The Labute approximate surface area is 91.3 Å². The molecule has 1 aromatic rings. The lowest BCUT2D eigenvalue weighted by Crippen LogP contribution is -1.78. The normalized spacial score (nSPS) is 8.47. The summed E-state index contributed by atoms with van der Waals surface area (Å²) in [5.41, 5.74) is 1.91. The van der Waals surface area contributed by atoms with Gasteiger partial charge in [-0.2, -0.15) is 0 Å². The highest BCUT2D eigenvalue weighted by molar-refractivity contribution is 5.76. The predicted molar refractivity (Wildman–Crippen MR) is 64.0 cm³/mol. The van der Waals surface area contributed by atoms with Gasteiger partial charge in [0, 0.05) is 18.4 Å². The van der Waals surface area contributed by atoms with Crippen molar-refractivity contribution in [1.29, 1.82) is 0 Å². The zero-order valence-corrected chi connectivity index (χ0v) is 8.66. The van der Waals surface area contributed by atoms with E-state index in [1.54, 1.807) is 0 Å².